The smallest absolute Gasteiger partial charge is 0.335 e. The van der Waals surface area contributed by atoms with E-state index in [9.17, 15) is 9.18 Å². The molecule has 2 N–H and O–H groups in total. The molecule has 0 spiro atoms. The van der Waals surface area contributed by atoms with Gasteiger partial charge in [-0.3, -0.25) is 0 Å². The van der Waals surface area contributed by atoms with E-state index in [1.165, 1.54) is 37.8 Å². The number of carbonyl (C=O) groups is 1. The minimum atomic E-state index is -1.11. The van der Waals surface area contributed by atoms with Crippen molar-refractivity contribution in [3.8, 4) is 0 Å². The van der Waals surface area contributed by atoms with Crippen molar-refractivity contribution in [2.75, 3.05) is 11.9 Å². The third-order valence-corrected chi connectivity index (χ3v) is 3.06. The third-order valence-electron chi connectivity index (χ3n) is 3.06. The quantitative estimate of drug-likeness (QED) is 0.656. The summed E-state index contributed by atoms with van der Waals surface area (Å²) in [5.41, 5.74) is 0.348. The Kier molecular flexibility index (Phi) is 6.93. The maximum Gasteiger partial charge on any atom is 0.335 e. The lowest BCUT2D eigenvalue weighted by Gasteiger charge is -2.08. The molecule has 0 aromatic heterocycles. The van der Waals surface area contributed by atoms with Crippen molar-refractivity contribution >= 4 is 11.7 Å². The standard InChI is InChI=1S/C15H22FNO2/c1-2-3-4-5-6-7-10-17-14-9-8-12(15(18)19)11-13(14)16/h8-9,11,17H,2-7,10H2,1H3,(H,18,19). The molecule has 1 aromatic rings. The van der Waals surface area contributed by atoms with E-state index in [1.54, 1.807) is 0 Å². The first kappa shape index (κ1) is 15.5. The van der Waals surface area contributed by atoms with Crippen molar-refractivity contribution in [3.05, 3.63) is 29.6 Å². The number of unbranched alkanes of at least 4 members (excludes halogenated alkanes) is 5. The Bertz CT molecular complexity index is 407. The number of aromatic carboxylic acids is 1. The van der Waals surface area contributed by atoms with Gasteiger partial charge in [0.05, 0.1) is 11.3 Å². The molecular weight excluding hydrogens is 245 g/mol. The summed E-state index contributed by atoms with van der Waals surface area (Å²) < 4.78 is 13.6. The van der Waals surface area contributed by atoms with E-state index in [1.807, 2.05) is 0 Å². The molecule has 0 aliphatic rings. The molecule has 0 aliphatic carbocycles. The molecule has 0 fully saturated rings. The normalized spacial score (nSPS) is 10.4. The van der Waals surface area contributed by atoms with E-state index in [2.05, 4.69) is 12.2 Å². The van der Waals surface area contributed by atoms with Gasteiger partial charge in [0.2, 0.25) is 0 Å². The molecule has 0 unspecified atom stereocenters. The van der Waals surface area contributed by atoms with Crippen molar-refractivity contribution in [1.82, 2.24) is 0 Å². The van der Waals surface area contributed by atoms with Crippen molar-refractivity contribution < 1.29 is 14.3 Å². The van der Waals surface area contributed by atoms with E-state index in [0.717, 1.165) is 25.5 Å². The van der Waals surface area contributed by atoms with Crippen LogP contribution in [0, 0.1) is 5.82 Å². The number of carboxylic acid groups (broad SMARTS) is 1. The van der Waals surface area contributed by atoms with E-state index in [0.29, 0.717) is 5.69 Å². The number of hydrogen-bond donors (Lipinski definition) is 2. The molecule has 4 heteroatoms. The first-order valence-corrected chi connectivity index (χ1v) is 6.92. The van der Waals surface area contributed by atoms with E-state index < -0.39 is 11.8 Å². The van der Waals surface area contributed by atoms with Gasteiger partial charge in [-0.15, -0.1) is 0 Å². The summed E-state index contributed by atoms with van der Waals surface area (Å²) in [7, 11) is 0. The fourth-order valence-electron chi connectivity index (χ4n) is 1.92. The summed E-state index contributed by atoms with van der Waals surface area (Å²) in [6.45, 7) is 2.90. The predicted octanol–water partition coefficient (Wildman–Crippen LogP) is 4.30. The molecule has 1 aromatic carbocycles. The van der Waals surface area contributed by atoms with Crippen LogP contribution in [0.4, 0.5) is 10.1 Å². The second-order valence-electron chi connectivity index (χ2n) is 4.69. The van der Waals surface area contributed by atoms with Gasteiger partial charge in [-0.1, -0.05) is 39.0 Å². The van der Waals surface area contributed by atoms with E-state index >= 15 is 0 Å². The Morgan fingerprint density at radius 2 is 1.89 bits per heavy atom. The molecule has 0 heterocycles. The van der Waals surface area contributed by atoms with Crippen molar-refractivity contribution in [2.45, 2.75) is 45.4 Å². The Morgan fingerprint density at radius 1 is 1.21 bits per heavy atom. The van der Waals surface area contributed by atoms with Crippen LogP contribution in [0.2, 0.25) is 0 Å². The number of nitrogens with one attached hydrogen (secondary N) is 1. The first-order chi connectivity index (χ1) is 9.15. The Morgan fingerprint density at radius 3 is 2.53 bits per heavy atom. The number of hydrogen-bond acceptors (Lipinski definition) is 2. The minimum absolute atomic E-state index is 0.0254. The SMILES string of the molecule is CCCCCCCCNc1ccc(C(=O)O)cc1F. The van der Waals surface area contributed by atoms with Gasteiger partial charge in [-0.05, 0) is 24.6 Å². The lowest BCUT2D eigenvalue weighted by atomic mass is 10.1. The molecule has 0 amide bonds. The molecule has 0 atom stereocenters. The monoisotopic (exact) mass is 267 g/mol. The van der Waals surface area contributed by atoms with Crippen LogP contribution in [-0.4, -0.2) is 17.6 Å². The zero-order valence-corrected chi connectivity index (χ0v) is 11.4. The van der Waals surface area contributed by atoms with Crippen LogP contribution in [0.25, 0.3) is 0 Å². The van der Waals surface area contributed by atoms with E-state index in [4.69, 9.17) is 5.11 Å². The minimum Gasteiger partial charge on any atom is -0.478 e. The van der Waals surface area contributed by atoms with Crippen LogP contribution >= 0.6 is 0 Å². The largest absolute Gasteiger partial charge is 0.478 e. The van der Waals surface area contributed by atoms with Crippen LogP contribution < -0.4 is 5.32 Å². The van der Waals surface area contributed by atoms with Crippen LogP contribution in [0.1, 0.15) is 55.8 Å². The fourth-order valence-corrected chi connectivity index (χ4v) is 1.92. The third kappa shape index (κ3) is 5.73. The maximum absolute atomic E-state index is 13.6. The molecule has 3 nitrogen and oxygen atoms in total. The summed E-state index contributed by atoms with van der Waals surface area (Å²) in [6.07, 6.45) is 7.14. The molecule has 0 saturated carbocycles. The second-order valence-corrected chi connectivity index (χ2v) is 4.69. The fraction of sp³-hybridized carbons (Fsp3) is 0.533. The summed E-state index contributed by atoms with van der Waals surface area (Å²) in [5, 5.41) is 11.7. The van der Waals surface area contributed by atoms with Gasteiger partial charge in [0.1, 0.15) is 5.82 Å². The molecule has 0 bridgehead atoms. The highest BCUT2D eigenvalue weighted by atomic mass is 19.1. The predicted molar refractivity (Wildman–Crippen MR) is 75.2 cm³/mol. The van der Waals surface area contributed by atoms with Gasteiger partial charge >= 0.3 is 5.97 Å². The average molecular weight is 267 g/mol. The summed E-state index contributed by atoms with van der Waals surface area (Å²) in [4.78, 5) is 10.7. The highest BCUT2D eigenvalue weighted by Gasteiger charge is 2.07. The number of anilines is 1. The topological polar surface area (TPSA) is 49.3 Å². The molecular formula is C15H22FNO2. The highest BCUT2D eigenvalue weighted by molar-refractivity contribution is 5.88. The second kappa shape index (κ2) is 8.51. The number of halogens is 1. The summed E-state index contributed by atoms with van der Waals surface area (Å²) in [6, 6.07) is 3.94. The molecule has 106 valence electrons. The lowest BCUT2D eigenvalue weighted by Crippen LogP contribution is -2.05. The number of benzene rings is 1. The van der Waals surface area contributed by atoms with Crippen LogP contribution in [0.3, 0.4) is 0 Å². The Hall–Kier alpha value is -1.58. The molecule has 1 rings (SSSR count). The Balaban J connectivity index is 2.28. The number of carboxylic acids is 1. The highest BCUT2D eigenvalue weighted by Crippen LogP contribution is 2.16. The molecule has 0 saturated heterocycles. The van der Waals surface area contributed by atoms with Crippen LogP contribution in [-0.2, 0) is 0 Å². The zero-order chi connectivity index (χ0) is 14.1. The van der Waals surface area contributed by atoms with Crippen molar-refractivity contribution in [1.29, 1.82) is 0 Å². The molecule has 19 heavy (non-hydrogen) atoms. The van der Waals surface area contributed by atoms with Crippen molar-refractivity contribution in [3.63, 3.8) is 0 Å². The average Bonchev–Trinajstić information content (AvgIpc) is 2.39. The lowest BCUT2D eigenvalue weighted by molar-refractivity contribution is 0.0696. The van der Waals surface area contributed by atoms with E-state index in [-0.39, 0.29) is 5.56 Å². The summed E-state index contributed by atoms with van der Waals surface area (Å²) >= 11 is 0. The van der Waals surface area contributed by atoms with Gasteiger partial charge in [0, 0.05) is 6.54 Å². The Labute approximate surface area is 113 Å². The summed E-state index contributed by atoms with van der Waals surface area (Å²) in [5.74, 6) is -1.62. The van der Waals surface area contributed by atoms with Gasteiger partial charge in [0.25, 0.3) is 0 Å². The molecule has 0 radical (unpaired) electrons. The van der Waals surface area contributed by atoms with Crippen molar-refractivity contribution in [2.24, 2.45) is 0 Å². The van der Waals surface area contributed by atoms with Gasteiger partial charge < -0.3 is 10.4 Å². The maximum atomic E-state index is 13.6. The van der Waals surface area contributed by atoms with Gasteiger partial charge in [-0.2, -0.15) is 0 Å². The molecule has 0 aliphatic heterocycles. The van der Waals surface area contributed by atoms with Gasteiger partial charge in [-0.25, -0.2) is 9.18 Å². The van der Waals surface area contributed by atoms with Crippen LogP contribution in [0.5, 0.6) is 0 Å². The zero-order valence-electron chi connectivity index (χ0n) is 11.4. The number of rotatable bonds is 9. The first-order valence-electron chi connectivity index (χ1n) is 6.92. The van der Waals surface area contributed by atoms with Crippen LogP contribution in [0.15, 0.2) is 18.2 Å². The van der Waals surface area contributed by atoms with Gasteiger partial charge in [0.15, 0.2) is 0 Å².